The molecule has 1 aromatic rings. The van der Waals surface area contributed by atoms with E-state index in [-0.39, 0.29) is 11.6 Å². The van der Waals surface area contributed by atoms with Gasteiger partial charge in [-0.25, -0.2) is 4.39 Å². The molecule has 0 aliphatic carbocycles. The van der Waals surface area contributed by atoms with Crippen LogP contribution in [-0.2, 0) is 6.54 Å². The molecule has 0 atom stereocenters. The van der Waals surface area contributed by atoms with Crippen molar-refractivity contribution >= 4 is 27.5 Å². The fourth-order valence-electron chi connectivity index (χ4n) is 0.724. The molecule has 0 aromatic heterocycles. The van der Waals surface area contributed by atoms with Gasteiger partial charge in [-0.2, -0.15) is 0 Å². The number of hydrogen-bond acceptors (Lipinski definition) is 1. The normalized spacial score (nSPS) is 10.2. The molecule has 0 spiro atoms. The number of nitrogens with two attached hydrogens (primary N) is 1. The first kappa shape index (κ1) is 8.97. The van der Waals surface area contributed by atoms with Crippen molar-refractivity contribution in [2.45, 2.75) is 6.54 Å². The Hall–Kier alpha value is -0.120. The summed E-state index contributed by atoms with van der Waals surface area (Å²) in [6, 6.07) is 3.28. The summed E-state index contributed by atoms with van der Waals surface area (Å²) in [5.41, 5.74) is 5.68. The zero-order valence-electron chi connectivity index (χ0n) is 5.57. The van der Waals surface area contributed by atoms with Crippen molar-refractivity contribution in [3.05, 3.63) is 33.0 Å². The third-order valence-corrected chi connectivity index (χ3v) is 2.59. The lowest BCUT2D eigenvalue weighted by atomic mass is 10.2. The molecule has 0 radical (unpaired) electrons. The Morgan fingerprint density at radius 3 is 2.73 bits per heavy atom. The molecule has 1 nitrogen and oxygen atoms in total. The van der Waals surface area contributed by atoms with Crippen molar-refractivity contribution < 1.29 is 4.39 Å². The van der Waals surface area contributed by atoms with Crippen LogP contribution >= 0.6 is 27.5 Å². The van der Waals surface area contributed by atoms with Crippen molar-refractivity contribution in [2.24, 2.45) is 5.73 Å². The quantitative estimate of drug-likeness (QED) is 0.748. The van der Waals surface area contributed by atoms with Gasteiger partial charge in [0, 0.05) is 16.6 Å². The van der Waals surface area contributed by atoms with Crippen LogP contribution in [0.2, 0.25) is 5.02 Å². The monoisotopic (exact) mass is 237 g/mol. The maximum atomic E-state index is 13.0. The van der Waals surface area contributed by atoms with E-state index >= 15 is 0 Å². The third kappa shape index (κ3) is 1.72. The van der Waals surface area contributed by atoms with Gasteiger partial charge in [-0.15, -0.1) is 0 Å². The van der Waals surface area contributed by atoms with E-state index in [4.69, 9.17) is 17.3 Å². The Bertz CT molecular complexity index is 277. The molecule has 0 aliphatic rings. The molecule has 11 heavy (non-hydrogen) atoms. The van der Waals surface area contributed by atoms with Crippen LogP contribution in [0.25, 0.3) is 0 Å². The number of halogens is 3. The Balaban J connectivity index is 3.25. The predicted octanol–water partition coefficient (Wildman–Crippen LogP) is 2.70. The lowest BCUT2D eigenvalue weighted by Gasteiger charge is -2.02. The maximum absolute atomic E-state index is 13.0. The summed E-state index contributed by atoms with van der Waals surface area (Å²) < 4.78 is 13.6. The minimum atomic E-state index is -0.441. The van der Waals surface area contributed by atoms with Crippen LogP contribution in [0.3, 0.4) is 0 Å². The maximum Gasteiger partial charge on any atom is 0.147 e. The smallest absolute Gasteiger partial charge is 0.147 e. The average molecular weight is 238 g/mol. The molecule has 0 fully saturated rings. The molecule has 60 valence electrons. The molecule has 0 saturated carbocycles. The zero-order valence-corrected chi connectivity index (χ0v) is 7.91. The highest BCUT2D eigenvalue weighted by Crippen LogP contribution is 2.27. The second-order valence-electron chi connectivity index (χ2n) is 2.04. The van der Waals surface area contributed by atoms with Crippen LogP contribution in [0.4, 0.5) is 4.39 Å². The standard InChI is InChI=1S/C7H6BrClFN/c8-5-2-1-4(3-11)7(10)6(5)9/h1-2H,3,11H2. The van der Waals surface area contributed by atoms with E-state index < -0.39 is 5.82 Å². The summed E-state index contributed by atoms with van der Waals surface area (Å²) in [5.74, 6) is -0.441. The van der Waals surface area contributed by atoms with E-state index in [1.165, 1.54) is 0 Å². The Labute approximate surface area is 77.5 Å². The second-order valence-corrected chi connectivity index (χ2v) is 3.27. The van der Waals surface area contributed by atoms with Crippen LogP contribution in [0.1, 0.15) is 5.56 Å². The van der Waals surface area contributed by atoms with Gasteiger partial charge in [-0.1, -0.05) is 17.7 Å². The Kier molecular flexibility index (Phi) is 2.87. The number of benzene rings is 1. The molecular formula is C7H6BrClFN. The minimum absolute atomic E-state index is 0.0907. The molecule has 1 aromatic carbocycles. The van der Waals surface area contributed by atoms with Crippen LogP contribution in [0.15, 0.2) is 16.6 Å². The van der Waals surface area contributed by atoms with Crippen LogP contribution in [-0.4, -0.2) is 0 Å². The summed E-state index contributed by atoms with van der Waals surface area (Å²) in [4.78, 5) is 0. The first-order chi connectivity index (χ1) is 5.16. The van der Waals surface area contributed by atoms with E-state index in [9.17, 15) is 4.39 Å². The van der Waals surface area contributed by atoms with E-state index in [0.29, 0.717) is 10.0 Å². The SMILES string of the molecule is NCc1ccc(Br)c(Cl)c1F. The summed E-state index contributed by atoms with van der Waals surface area (Å²) in [5, 5.41) is 0.0907. The number of hydrogen-bond donors (Lipinski definition) is 1. The van der Waals surface area contributed by atoms with Crippen LogP contribution in [0.5, 0.6) is 0 Å². The fraction of sp³-hybridized carbons (Fsp3) is 0.143. The fourth-order valence-corrected chi connectivity index (χ4v) is 1.21. The average Bonchev–Trinajstić information content (AvgIpc) is 2.01. The predicted molar refractivity (Wildman–Crippen MR) is 47.0 cm³/mol. The lowest BCUT2D eigenvalue weighted by molar-refractivity contribution is 0.610. The van der Waals surface area contributed by atoms with Gasteiger partial charge in [-0.3, -0.25) is 0 Å². The van der Waals surface area contributed by atoms with E-state index in [2.05, 4.69) is 15.9 Å². The van der Waals surface area contributed by atoms with Crippen molar-refractivity contribution in [2.75, 3.05) is 0 Å². The zero-order chi connectivity index (χ0) is 8.43. The van der Waals surface area contributed by atoms with Crippen molar-refractivity contribution in [3.63, 3.8) is 0 Å². The topological polar surface area (TPSA) is 26.0 Å². The van der Waals surface area contributed by atoms with Gasteiger partial charge in [0.2, 0.25) is 0 Å². The van der Waals surface area contributed by atoms with Crippen LogP contribution < -0.4 is 5.73 Å². The Morgan fingerprint density at radius 1 is 1.55 bits per heavy atom. The second kappa shape index (κ2) is 3.52. The van der Waals surface area contributed by atoms with Gasteiger partial charge in [0.05, 0.1) is 5.02 Å². The van der Waals surface area contributed by atoms with Gasteiger partial charge in [0.1, 0.15) is 5.82 Å². The highest BCUT2D eigenvalue weighted by molar-refractivity contribution is 9.10. The van der Waals surface area contributed by atoms with E-state index in [1.54, 1.807) is 12.1 Å². The highest BCUT2D eigenvalue weighted by atomic mass is 79.9. The molecule has 0 heterocycles. The molecule has 1 rings (SSSR count). The lowest BCUT2D eigenvalue weighted by Crippen LogP contribution is -1.99. The largest absolute Gasteiger partial charge is 0.326 e. The summed E-state index contributed by atoms with van der Waals surface area (Å²) in [6.07, 6.45) is 0. The van der Waals surface area contributed by atoms with Crippen molar-refractivity contribution in [1.82, 2.24) is 0 Å². The van der Waals surface area contributed by atoms with Crippen LogP contribution in [0, 0.1) is 5.82 Å². The molecule has 0 saturated heterocycles. The molecule has 0 unspecified atom stereocenters. The minimum Gasteiger partial charge on any atom is -0.326 e. The summed E-state index contributed by atoms with van der Waals surface area (Å²) in [7, 11) is 0. The van der Waals surface area contributed by atoms with E-state index in [0.717, 1.165) is 0 Å². The summed E-state index contributed by atoms with van der Waals surface area (Å²) >= 11 is 8.68. The Morgan fingerprint density at radius 2 is 2.18 bits per heavy atom. The molecule has 0 aliphatic heterocycles. The molecule has 2 N–H and O–H groups in total. The van der Waals surface area contributed by atoms with Gasteiger partial charge in [0.15, 0.2) is 0 Å². The first-order valence-electron chi connectivity index (χ1n) is 2.99. The van der Waals surface area contributed by atoms with Gasteiger partial charge in [0.25, 0.3) is 0 Å². The van der Waals surface area contributed by atoms with Gasteiger partial charge in [-0.05, 0) is 22.0 Å². The van der Waals surface area contributed by atoms with Gasteiger partial charge < -0.3 is 5.73 Å². The highest BCUT2D eigenvalue weighted by Gasteiger charge is 2.07. The molecular weight excluding hydrogens is 232 g/mol. The summed E-state index contributed by atoms with van der Waals surface area (Å²) in [6.45, 7) is 0.166. The molecule has 0 amide bonds. The van der Waals surface area contributed by atoms with Crippen molar-refractivity contribution in [1.29, 1.82) is 0 Å². The van der Waals surface area contributed by atoms with E-state index in [1.807, 2.05) is 0 Å². The molecule has 4 heteroatoms. The first-order valence-corrected chi connectivity index (χ1v) is 4.16. The van der Waals surface area contributed by atoms with Crippen molar-refractivity contribution in [3.8, 4) is 0 Å². The molecule has 0 bridgehead atoms. The van der Waals surface area contributed by atoms with Gasteiger partial charge >= 0.3 is 0 Å². The third-order valence-electron chi connectivity index (χ3n) is 1.34. The number of rotatable bonds is 1.